The molecule has 0 bridgehead atoms. The van der Waals surface area contributed by atoms with E-state index in [9.17, 15) is 4.79 Å². The Morgan fingerprint density at radius 1 is 0.767 bits per heavy atom. The predicted molar refractivity (Wildman–Crippen MR) is 122 cm³/mol. The average Bonchev–Trinajstić information content (AvgIpc) is 3.23. The Morgan fingerprint density at radius 3 is 2.07 bits per heavy atom. The lowest BCUT2D eigenvalue weighted by atomic mass is 10.0. The normalized spacial score (nSPS) is 12.6. The molecule has 3 nitrogen and oxygen atoms in total. The second kappa shape index (κ2) is 7.60. The SMILES string of the molecule is Cc1ccc(-c2ccc(C(=O)N3CCc4cc(-c5ccncc5)ccc43)cc2)cc1. The van der Waals surface area contributed by atoms with Gasteiger partial charge in [0.1, 0.15) is 0 Å². The number of rotatable bonds is 3. The zero-order valence-electron chi connectivity index (χ0n) is 16.9. The highest BCUT2D eigenvalue weighted by Gasteiger charge is 2.25. The van der Waals surface area contributed by atoms with E-state index < -0.39 is 0 Å². The highest BCUT2D eigenvalue weighted by atomic mass is 16.2. The Hall–Kier alpha value is -3.72. The molecule has 146 valence electrons. The fraction of sp³-hybridized carbons (Fsp3) is 0.111. The van der Waals surface area contributed by atoms with Crippen molar-refractivity contribution in [3.05, 3.63) is 108 Å². The van der Waals surface area contributed by atoms with Gasteiger partial charge in [0.05, 0.1) is 0 Å². The van der Waals surface area contributed by atoms with Crippen molar-refractivity contribution in [1.82, 2.24) is 4.98 Å². The van der Waals surface area contributed by atoms with Crippen LogP contribution in [0, 0.1) is 6.92 Å². The minimum atomic E-state index is 0.0564. The number of carbonyl (C=O) groups excluding carboxylic acids is 1. The summed E-state index contributed by atoms with van der Waals surface area (Å²) in [6, 6.07) is 26.7. The minimum Gasteiger partial charge on any atom is -0.308 e. The first-order valence-electron chi connectivity index (χ1n) is 10.2. The van der Waals surface area contributed by atoms with Crippen LogP contribution in [0.5, 0.6) is 0 Å². The Labute approximate surface area is 176 Å². The molecule has 0 aliphatic carbocycles. The third-order valence-electron chi connectivity index (χ3n) is 5.75. The van der Waals surface area contributed by atoms with Crippen LogP contribution in [0.4, 0.5) is 5.69 Å². The third-order valence-corrected chi connectivity index (χ3v) is 5.75. The van der Waals surface area contributed by atoms with Gasteiger partial charge in [0.25, 0.3) is 5.91 Å². The quantitative estimate of drug-likeness (QED) is 0.435. The Balaban J connectivity index is 1.38. The van der Waals surface area contributed by atoms with Gasteiger partial charge in [-0.15, -0.1) is 0 Å². The van der Waals surface area contributed by atoms with Crippen LogP contribution in [0.25, 0.3) is 22.3 Å². The molecule has 1 aliphatic rings. The van der Waals surface area contributed by atoms with Crippen molar-refractivity contribution in [2.24, 2.45) is 0 Å². The summed E-state index contributed by atoms with van der Waals surface area (Å²) in [5, 5.41) is 0. The first-order valence-corrected chi connectivity index (χ1v) is 10.2. The zero-order valence-corrected chi connectivity index (χ0v) is 16.9. The van der Waals surface area contributed by atoms with Gasteiger partial charge in [-0.1, -0.05) is 48.0 Å². The molecule has 5 rings (SSSR count). The van der Waals surface area contributed by atoms with Crippen LogP contribution in [0.15, 0.2) is 91.3 Å². The molecular formula is C27H22N2O. The van der Waals surface area contributed by atoms with Crippen molar-refractivity contribution in [3.63, 3.8) is 0 Å². The molecule has 0 unspecified atom stereocenters. The maximum atomic E-state index is 13.2. The lowest BCUT2D eigenvalue weighted by Crippen LogP contribution is -2.28. The van der Waals surface area contributed by atoms with Crippen LogP contribution >= 0.6 is 0 Å². The van der Waals surface area contributed by atoms with E-state index in [0.717, 1.165) is 39.9 Å². The zero-order chi connectivity index (χ0) is 20.5. The molecule has 0 N–H and O–H groups in total. The minimum absolute atomic E-state index is 0.0564. The van der Waals surface area contributed by atoms with E-state index in [0.29, 0.717) is 6.54 Å². The van der Waals surface area contributed by atoms with Crippen molar-refractivity contribution < 1.29 is 4.79 Å². The number of anilines is 1. The van der Waals surface area contributed by atoms with Crippen LogP contribution in [-0.4, -0.2) is 17.4 Å². The van der Waals surface area contributed by atoms with Crippen LogP contribution < -0.4 is 4.90 Å². The highest BCUT2D eigenvalue weighted by molar-refractivity contribution is 6.07. The van der Waals surface area contributed by atoms with E-state index in [2.05, 4.69) is 54.4 Å². The summed E-state index contributed by atoms with van der Waals surface area (Å²) >= 11 is 0. The van der Waals surface area contributed by atoms with E-state index in [4.69, 9.17) is 0 Å². The van der Waals surface area contributed by atoms with Crippen molar-refractivity contribution in [1.29, 1.82) is 0 Å². The summed E-state index contributed by atoms with van der Waals surface area (Å²) in [6.07, 6.45) is 4.48. The molecule has 0 saturated carbocycles. The van der Waals surface area contributed by atoms with E-state index in [1.54, 1.807) is 12.4 Å². The standard InChI is InChI=1S/C27H22N2O/c1-19-2-4-20(5-3-19)21-6-8-23(9-7-21)27(30)29-17-14-25-18-24(10-11-26(25)29)22-12-15-28-16-13-22/h2-13,15-16,18H,14,17H2,1H3. The van der Waals surface area contributed by atoms with Crippen molar-refractivity contribution in [3.8, 4) is 22.3 Å². The molecule has 1 aromatic heterocycles. The van der Waals surface area contributed by atoms with Gasteiger partial charge in [0, 0.05) is 30.2 Å². The first kappa shape index (κ1) is 18.3. The Kier molecular flexibility index (Phi) is 4.64. The van der Waals surface area contributed by atoms with Crippen LogP contribution in [0.2, 0.25) is 0 Å². The molecule has 0 saturated heterocycles. The molecule has 0 spiro atoms. The van der Waals surface area contributed by atoms with Gasteiger partial charge in [-0.25, -0.2) is 0 Å². The van der Waals surface area contributed by atoms with Crippen molar-refractivity contribution in [2.45, 2.75) is 13.3 Å². The highest BCUT2D eigenvalue weighted by Crippen LogP contribution is 2.33. The van der Waals surface area contributed by atoms with E-state index in [-0.39, 0.29) is 5.91 Å². The number of fused-ring (bicyclic) bond motifs is 1. The number of pyridine rings is 1. The number of nitrogens with zero attached hydrogens (tertiary/aromatic N) is 2. The van der Waals surface area contributed by atoms with Gasteiger partial charge in [-0.3, -0.25) is 9.78 Å². The van der Waals surface area contributed by atoms with Gasteiger partial charge in [-0.05, 0) is 77.6 Å². The van der Waals surface area contributed by atoms with Gasteiger partial charge in [0.15, 0.2) is 0 Å². The number of aromatic nitrogens is 1. The van der Waals surface area contributed by atoms with Crippen LogP contribution in [-0.2, 0) is 6.42 Å². The Bertz CT molecular complexity index is 1200. The molecular weight excluding hydrogens is 368 g/mol. The summed E-state index contributed by atoms with van der Waals surface area (Å²) in [5.41, 5.74) is 8.78. The number of hydrogen-bond donors (Lipinski definition) is 0. The smallest absolute Gasteiger partial charge is 0.258 e. The Morgan fingerprint density at radius 2 is 1.37 bits per heavy atom. The number of benzene rings is 3. The monoisotopic (exact) mass is 390 g/mol. The largest absolute Gasteiger partial charge is 0.308 e. The van der Waals surface area contributed by atoms with Gasteiger partial charge in [-0.2, -0.15) is 0 Å². The lowest BCUT2D eigenvalue weighted by Gasteiger charge is -2.18. The number of aryl methyl sites for hydroxylation is 1. The molecule has 0 atom stereocenters. The topological polar surface area (TPSA) is 33.2 Å². The average molecular weight is 390 g/mol. The fourth-order valence-electron chi connectivity index (χ4n) is 4.04. The number of hydrogen-bond acceptors (Lipinski definition) is 2. The van der Waals surface area contributed by atoms with Crippen molar-refractivity contribution >= 4 is 11.6 Å². The van der Waals surface area contributed by atoms with E-state index >= 15 is 0 Å². The summed E-state index contributed by atoms with van der Waals surface area (Å²) in [7, 11) is 0. The number of carbonyl (C=O) groups is 1. The maximum absolute atomic E-state index is 13.2. The van der Waals surface area contributed by atoms with Crippen molar-refractivity contribution in [2.75, 3.05) is 11.4 Å². The summed E-state index contributed by atoms with van der Waals surface area (Å²) in [6.45, 7) is 2.80. The van der Waals surface area contributed by atoms with Crippen LogP contribution in [0.1, 0.15) is 21.5 Å². The second-order valence-electron chi connectivity index (χ2n) is 7.73. The van der Waals surface area contributed by atoms with E-state index in [1.165, 1.54) is 11.1 Å². The third kappa shape index (κ3) is 3.39. The molecule has 30 heavy (non-hydrogen) atoms. The summed E-state index contributed by atoms with van der Waals surface area (Å²) in [4.78, 5) is 19.2. The molecule has 1 amide bonds. The van der Waals surface area contributed by atoms with Gasteiger partial charge in [0.2, 0.25) is 0 Å². The first-order chi connectivity index (χ1) is 14.7. The fourth-order valence-corrected chi connectivity index (χ4v) is 4.04. The molecule has 3 aromatic carbocycles. The molecule has 0 radical (unpaired) electrons. The molecule has 4 aromatic rings. The number of amides is 1. The molecule has 3 heteroatoms. The molecule has 1 aliphatic heterocycles. The molecule has 2 heterocycles. The summed E-state index contributed by atoms with van der Waals surface area (Å²) in [5.74, 6) is 0.0564. The second-order valence-corrected chi connectivity index (χ2v) is 7.73. The van der Waals surface area contributed by atoms with Gasteiger partial charge >= 0.3 is 0 Å². The van der Waals surface area contributed by atoms with E-state index in [1.807, 2.05) is 41.3 Å². The van der Waals surface area contributed by atoms with Gasteiger partial charge < -0.3 is 4.90 Å². The van der Waals surface area contributed by atoms with Crippen LogP contribution in [0.3, 0.4) is 0 Å². The summed E-state index contributed by atoms with van der Waals surface area (Å²) < 4.78 is 0. The maximum Gasteiger partial charge on any atom is 0.258 e. The molecule has 0 fully saturated rings. The lowest BCUT2D eigenvalue weighted by molar-refractivity contribution is 0.0989. The predicted octanol–water partition coefficient (Wildman–Crippen LogP) is 5.93.